The van der Waals surface area contributed by atoms with Crippen LogP contribution in [0.1, 0.15) is 12.8 Å². The lowest BCUT2D eigenvalue weighted by molar-refractivity contribution is -0.166. The smallest absolute Gasteiger partial charge is 0.336 e. The van der Waals surface area contributed by atoms with Gasteiger partial charge in [0.15, 0.2) is 11.7 Å². The molecule has 1 saturated heterocycles. The fourth-order valence-corrected chi connectivity index (χ4v) is 2.64. The van der Waals surface area contributed by atoms with Crippen molar-refractivity contribution in [2.45, 2.75) is 25.7 Å². The Hall–Kier alpha value is -1.99. The number of morpholine rings is 1. The lowest BCUT2D eigenvalue weighted by Crippen LogP contribution is -2.49. The van der Waals surface area contributed by atoms with E-state index in [9.17, 15) is 9.18 Å². The minimum absolute atomic E-state index is 0.0975. The van der Waals surface area contributed by atoms with Gasteiger partial charge in [0.05, 0.1) is 19.8 Å². The van der Waals surface area contributed by atoms with Crippen LogP contribution < -0.4 is 0 Å². The first-order chi connectivity index (χ1) is 10.5. The fourth-order valence-electron chi connectivity index (χ4n) is 2.64. The molecule has 2 atom stereocenters. The Balaban J connectivity index is 1.74. The third-order valence-corrected chi connectivity index (χ3v) is 3.55. The van der Waals surface area contributed by atoms with Crippen LogP contribution in [0, 0.1) is 5.82 Å². The van der Waals surface area contributed by atoms with E-state index in [1.54, 1.807) is 6.07 Å². The van der Waals surface area contributed by atoms with Gasteiger partial charge in [-0.2, -0.15) is 0 Å². The summed E-state index contributed by atoms with van der Waals surface area (Å²) in [6.07, 6.45) is -0.713. The monoisotopic (exact) mass is 308 g/mol. The predicted molar refractivity (Wildman–Crippen MR) is 75.6 cm³/mol. The predicted octanol–water partition coefficient (Wildman–Crippen LogP) is 1.73. The maximum atomic E-state index is 13.2. The van der Waals surface area contributed by atoms with Crippen molar-refractivity contribution in [2.24, 2.45) is 0 Å². The lowest BCUT2D eigenvalue weighted by Gasteiger charge is -2.34. The number of carbonyl (C=O) groups is 1. The van der Waals surface area contributed by atoms with Crippen LogP contribution in [0.4, 0.5) is 4.39 Å². The third kappa shape index (κ3) is 3.10. The molecule has 6 nitrogen and oxygen atoms in total. The summed E-state index contributed by atoms with van der Waals surface area (Å²) < 4.78 is 29.1. The Kier molecular flexibility index (Phi) is 4.08. The molecule has 0 unspecified atom stereocenters. The summed E-state index contributed by atoms with van der Waals surface area (Å²) in [6.45, 7) is 3.38. The quantitative estimate of drug-likeness (QED) is 0.805. The molecule has 0 N–H and O–H groups in total. The van der Waals surface area contributed by atoms with Gasteiger partial charge in [-0.3, -0.25) is 4.90 Å². The zero-order valence-electron chi connectivity index (χ0n) is 12.4. The summed E-state index contributed by atoms with van der Waals surface area (Å²) in [5.41, 5.74) is 1.03. The van der Waals surface area contributed by atoms with E-state index in [0.717, 1.165) is 0 Å². The van der Waals surface area contributed by atoms with E-state index in [0.29, 0.717) is 36.6 Å². The van der Waals surface area contributed by atoms with Crippen molar-refractivity contribution < 1.29 is 23.1 Å². The number of ether oxygens (including phenoxy) is 2. The van der Waals surface area contributed by atoms with Crippen molar-refractivity contribution in [2.75, 3.05) is 20.2 Å². The van der Waals surface area contributed by atoms with Crippen LogP contribution in [-0.2, 0) is 20.8 Å². The molecule has 0 saturated carbocycles. The first kappa shape index (κ1) is 14.9. The highest BCUT2D eigenvalue weighted by Crippen LogP contribution is 2.20. The molecule has 1 fully saturated rings. The van der Waals surface area contributed by atoms with Gasteiger partial charge in [0.2, 0.25) is 5.89 Å². The van der Waals surface area contributed by atoms with Gasteiger partial charge in [0.1, 0.15) is 11.3 Å². The first-order valence-corrected chi connectivity index (χ1v) is 7.06. The third-order valence-electron chi connectivity index (χ3n) is 3.55. The Morgan fingerprint density at radius 3 is 3.09 bits per heavy atom. The van der Waals surface area contributed by atoms with Crippen molar-refractivity contribution in [1.29, 1.82) is 0 Å². The van der Waals surface area contributed by atoms with Crippen molar-refractivity contribution in [3.05, 3.63) is 29.9 Å². The minimum atomic E-state index is -0.615. The largest absolute Gasteiger partial charge is 0.467 e. The van der Waals surface area contributed by atoms with Gasteiger partial charge in [-0.1, -0.05) is 0 Å². The van der Waals surface area contributed by atoms with Gasteiger partial charge in [0, 0.05) is 19.2 Å². The number of oxazole rings is 1. The van der Waals surface area contributed by atoms with E-state index in [-0.39, 0.29) is 11.9 Å². The van der Waals surface area contributed by atoms with E-state index >= 15 is 0 Å². The molecule has 0 aliphatic carbocycles. The Labute approximate surface area is 126 Å². The molecular formula is C15H17FN2O4. The number of aromatic nitrogens is 1. The normalized spacial score (nSPS) is 22.9. The number of halogens is 1. The van der Waals surface area contributed by atoms with E-state index in [4.69, 9.17) is 13.9 Å². The number of methoxy groups -OCH3 is 1. The van der Waals surface area contributed by atoms with Crippen LogP contribution in [0.3, 0.4) is 0 Å². The highest BCUT2D eigenvalue weighted by atomic mass is 19.1. The molecule has 1 aromatic heterocycles. The highest BCUT2D eigenvalue weighted by molar-refractivity contribution is 5.75. The maximum Gasteiger partial charge on any atom is 0.336 e. The SMILES string of the molecule is COC(=O)[C@H]1CN(Cc2nc3cc(F)ccc3o2)C[C@@H](C)O1. The summed E-state index contributed by atoms with van der Waals surface area (Å²) in [6, 6.07) is 4.23. The number of hydrogen-bond acceptors (Lipinski definition) is 6. The number of carbonyl (C=O) groups excluding carboxylic acids is 1. The number of benzene rings is 1. The summed E-state index contributed by atoms with van der Waals surface area (Å²) in [4.78, 5) is 17.9. The van der Waals surface area contributed by atoms with Crippen LogP contribution in [0.25, 0.3) is 11.1 Å². The second-order valence-corrected chi connectivity index (χ2v) is 5.37. The molecule has 1 aliphatic rings. The van der Waals surface area contributed by atoms with E-state index < -0.39 is 12.1 Å². The summed E-state index contributed by atoms with van der Waals surface area (Å²) in [5.74, 6) is -0.257. The van der Waals surface area contributed by atoms with Gasteiger partial charge < -0.3 is 13.9 Å². The topological polar surface area (TPSA) is 64.8 Å². The van der Waals surface area contributed by atoms with Crippen molar-refractivity contribution >= 4 is 17.1 Å². The second kappa shape index (κ2) is 6.02. The van der Waals surface area contributed by atoms with Crippen LogP contribution in [0.5, 0.6) is 0 Å². The molecule has 7 heteroatoms. The maximum absolute atomic E-state index is 13.2. The molecule has 0 bridgehead atoms. The van der Waals surface area contributed by atoms with Crippen molar-refractivity contribution in [3.63, 3.8) is 0 Å². The van der Waals surface area contributed by atoms with Crippen molar-refractivity contribution in [1.82, 2.24) is 9.88 Å². The molecule has 22 heavy (non-hydrogen) atoms. The molecule has 0 spiro atoms. The summed E-state index contributed by atoms with van der Waals surface area (Å²) in [7, 11) is 1.34. The molecule has 3 rings (SSSR count). The molecule has 2 heterocycles. The zero-order valence-corrected chi connectivity index (χ0v) is 12.4. The first-order valence-electron chi connectivity index (χ1n) is 7.06. The van der Waals surface area contributed by atoms with Gasteiger partial charge in [-0.15, -0.1) is 0 Å². The lowest BCUT2D eigenvalue weighted by atomic mass is 10.2. The average Bonchev–Trinajstić information content (AvgIpc) is 2.86. The number of esters is 1. The molecule has 0 amide bonds. The Morgan fingerprint density at radius 1 is 1.50 bits per heavy atom. The second-order valence-electron chi connectivity index (χ2n) is 5.37. The highest BCUT2D eigenvalue weighted by Gasteiger charge is 2.31. The number of fused-ring (bicyclic) bond motifs is 1. The van der Waals surface area contributed by atoms with Crippen LogP contribution in [0.15, 0.2) is 22.6 Å². The van der Waals surface area contributed by atoms with E-state index in [1.807, 2.05) is 11.8 Å². The Bertz CT molecular complexity index is 687. The molecule has 1 aliphatic heterocycles. The fraction of sp³-hybridized carbons (Fsp3) is 0.467. The molecule has 118 valence electrons. The summed E-state index contributed by atoms with van der Waals surface area (Å²) in [5, 5.41) is 0. The number of rotatable bonds is 3. The van der Waals surface area contributed by atoms with E-state index in [1.165, 1.54) is 19.2 Å². The van der Waals surface area contributed by atoms with Gasteiger partial charge in [-0.25, -0.2) is 14.2 Å². The molecular weight excluding hydrogens is 291 g/mol. The summed E-state index contributed by atoms with van der Waals surface area (Å²) >= 11 is 0. The van der Waals surface area contributed by atoms with Crippen molar-refractivity contribution in [3.8, 4) is 0 Å². The molecule has 1 aromatic carbocycles. The minimum Gasteiger partial charge on any atom is -0.467 e. The molecule has 2 aromatic rings. The van der Waals surface area contributed by atoms with Crippen LogP contribution in [-0.4, -0.2) is 48.3 Å². The van der Waals surface area contributed by atoms with Gasteiger partial charge in [0.25, 0.3) is 0 Å². The van der Waals surface area contributed by atoms with Gasteiger partial charge >= 0.3 is 5.97 Å². The van der Waals surface area contributed by atoms with E-state index in [2.05, 4.69) is 4.98 Å². The zero-order chi connectivity index (χ0) is 15.7. The Morgan fingerprint density at radius 2 is 2.32 bits per heavy atom. The molecule has 0 radical (unpaired) electrons. The van der Waals surface area contributed by atoms with Gasteiger partial charge in [-0.05, 0) is 19.1 Å². The standard InChI is InChI=1S/C15H17FN2O4/c1-9-6-18(7-13(21-9)15(19)20-2)8-14-17-11-5-10(16)3-4-12(11)22-14/h3-5,9,13H,6-8H2,1-2H3/t9-,13-/m1/s1. The number of hydrogen-bond donors (Lipinski definition) is 0. The van der Waals surface area contributed by atoms with Crippen LogP contribution >= 0.6 is 0 Å². The number of nitrogens with zero attached hydrogens (tertiary/aromatic N) is 2. The van der Waals surface area contributed by atoms with Crippen LogP contribution in [0.2, 0.25) is 0 Å². The average molecular weight is 308 g/mol.